The van der Waals surface area contributed by atoms with E-state index < -0.39 is 5.91 Å². The van der Waals surface area contributed by atoms with Gasteiger partial charge in [-0.3, -0.25) is 4.79 Å². The highest BCUT2D eigenvalue weighted by Crippen LogP contribution is 2.33. The predicted octanol–water partition coefficient (Wildman–Crippen LogP) is 4.94. The molecule has 1 amide bonds. The van der Waals surface area contributed by atoms with Crippen LogP contribution in [-0.2, 0) is 4.79 Å². The third-order valence-corrected chi connectivity index (χ3v) is 4.91. The molecule has 0 fully saturated rings. The summed E-state index contributed by atoms with van der Waals surface area (Å²) in [4.78, 5) is 14.0. The minimum absolute atomic E-state index is 0.238. The molecule has 0 bridgehead atoms. The van der Waals surface area contributed by atoms with Crippen molar-refractivity contribution in [2.75, 3.05) is 6.61 Å². The monoisotopic (exact) mass is 390 g/mol. The molecule has 0 saturated carbocycles. The molecule has 4 nitrogen and oxygen atoms in total. The summed E-state index contributed by atoms with van der Waals surface area (Å²) in [5, 5.41) is 4.94. The molecule has 0 aliphatic rings. The van der Waals surface area contributed by atoms with Crippen molar-refractivity contribution in [3.63, 3.8) is 0 Å². The van der Waals surface area contributed by atoms with Gasteiger partial charge in [-0.05, 0) is 32.0 Å². The Bertz CT molecular complexity index is 759. The summed E-state index contributed by atoms with van der Waals surface area (Å²) in [6.07, 6.45) is 0. The maximum absolute atomic E-state index is 11.8. The summed E-state index contributed by atoms with van der Waals surface area (Å²) in [6, 6.07) is 6.87. The highest BCUT2D eigenvalue weighted by atomic mass is 35.5. The van der Waals surface area contributed by atoms with Gasteiger partial charge < -0.3 is 4.74 Å². The van der Waals surface area contributed by atoms with E-state index in [4.69, 9.17) is 39.5 Å². The van der Waals surface area contributed by atoms with E-state index in [1.165, 1.54) is 17.0 Å². The Morgan fingerprint density at radius 2 is 1.91 bits per heavy atom. The molecule has 0 spiro atoms. The number of aryl methyl sites for hydroxylation is 1. The molecule has 2 rings (SSSR count). The first-order chi connectivity index (χ1) is 10.9. The number of benzene rings is 1. The number of hydrogen-bond acceptors (Lipinski definition) is 4. The average molecular weight is 392 g/mol. The fourth-order valence-corrected chi connectivity index (χ4v) is 3.02. The molecule has 122 valence electrons. The van der Waals surface area contributed by atoms with Gasteiger partial charge in [0.2, 0.25) is 0 Å². The Morgan fingerprint density at radius 3 is 2.57 bits per heavy atom. The van der Waals surface area contributed by atoms with Gasteiger partial charge in [0.15, 0.2) is 6.61 Å². The van der Waals surface area contributed by atoms with Gasteiger partial charge in [0, 0.05) is 10.9 Å². The minimum atomic E-state index is -0.403. The van der Waals surface area contributed by atoms with Crippen LogP contribution in [0.25, 0.3) is 0 Å². The molecule has 1 heterocycles. The zero-order chi connectivity index (χ0) is 17.0. The standard InChI is InChI=1S/C15H13Cl3N2O2S/c1-8-3-4-14(23-8)9(2)19-20-15(21)7-22-13-6-11(17)10(16)5-12(13)18/h3-6H,7H2,1-2H3,(H,20,21)/b19-9+. The van der Waals surface area contributed by atoms with E-state index in [2.05, 4.69) is 10.5 Å². The first-order valence-electron chi connectivity index (χ1n) is 6.54. The molecule has 0 unspecified atom stereocenters. The van der Waals surface area contributed by atoms with Crippen molar-refractivity contribution >= 4 is 57.8 Å². The predicted molar refractivity (Wildman–Crippen MR) is 96.4 cm³/mol. The van der Waals surface area contributed by atoms with Crippen molar-refractivity contribution in [2.24, 2.45) is 5.10 Å². The summed E-state index contributed by atoms with van der Waals surface area (Å²) in [5.74, 6) is -0.120. The topological polar surface area (TPSA) is 50.7 Å². The van der Waals surface area contributed by atoms with Crippen LogP contribution < -0.4 is 10.2 Å². The summed E-state index contributed by atoms with van der Waals surface area (Å²) >= 11 is 19.3. The van der Waals surface area contributed by atoms with Crippen LogP contribution >= 0.6 is 46.1 Å². The van der Waals surface area contributed by atoms with Crippen LogP contribution in [-0.4, -0.2) is 18.2 Å². The molecular weight excluding hydrogens is 379 g/mol. The maximum atomic E-state index is 11.8. The van der Waals surface area contributed by atoms with Crippen LogP contribution in [0.2, 0.25) is 15.1 Å². The van der Waals surface area contributed by atoms with Crippen molar-refractivity contribution in [3.8, 4) is 5.75 Å². The van der Waals surface area contributed by atoms with Crippen molar-refractivity contribution < 1.29 is 9.53 Å². The van der Waals surface area contributed by atoms with Crippen LogP contribution in [0.15, 0.2) is 29.4 Å². The number of amides is 1. The Kier molecular flexibility index (Phi) is 6.30. The van der Waals surface area contributed by atoms with E-state index in [9.17, 15) is 4.79 Å². The normalized spacial score (nSPS) is 11.4. The third kappa shape index (κ3) is 5.11. The molecule has 0 radical (unpaired) electrons. The Labute approximate surface area is 153 Å². The van der Waals surface area contributed by atoms with E-state index in [-0.39, 0.29) is 17.4 Å². The average Bonchev–Trinajstić information content (AvgIpc) is 2.93. The number of rotatable bonds is 5. The van der Waals surface area contributed by atoms with E-state index in [1.807, 2.05) is 26.0 Å². The molecule has 0 aliphatic carbocycles. The largest absolute Gasteiger partial charge is 0.482 e. The van der Waals surface area contributed by atoms with Crippen LogP contribution in [0.4, 0.5) is 0 Å². The molecule has 8 heteroatoms. The first-order valence-corrected chi connectivity index (χ1v) is 8.49. The number of nitrogens with one attached hydrogen (secondary N) is 1. The molecule has 23 heavy (non-hydrogen) atoms. The smallest absolute Gasteiger partial charge is 0.277 e. The molecule has 1 N–H and O–H groups in total. The summed E-state index contributed by atoms with van der Waals surface area (Å²) < 4.78 is 5.32. The van der Waals surface area contributed by atoms with Crippen molar-refractivity contribution in [3.05, 3.63) is 49.1 Å². The highest BCUT2D eigenvalue weighted by Gasteiger charge is 2.09. The number of hydrazone groups is 1. The van der Waals surface area contributed by atoms with E-state index in [0.29, 0.717) is 10.0 Å². The van der Waals surface area contributed by atoms with Crippen LogP contribution in [0, 0.1) is 6.92 Å². The number of carbonyl (C=O) groups excluding carboxylic acids is 1. The van der Waals surface area contributed by atoms with Crippen molar-refractivity contribution in [1.82, 2.24) is 5.43 Å². The number of thiophene rings is 1. The van der Waals surface area contributed by atoms with Crippen LogP contribution in [0.3, 0.4) is 0 Å². The summed E-state index contributed by atoms with van der Waals surface area (Å²) in [5.41, 5.74) is 3.16. The number of ether oxygens (including phenoxy) is 1. The van der Waals surface area contributed by atoms with Crippen LogP contribution in [0.5, 0.6) is 5.75 Å². The zero-order valence-electron chi connectivity index (χ0n) is 12.3. The number of halogens is 3. The lowest BCUT2D eigenvalue weighted by Gasteiger charge is -2.08. The molecule has 0 atom stereocenters. The first kappa shape index (κ1) is 18.1. The van der Waals surface area contributed by atoms with E-state index in [0.717, 1.165) is 10.6 Å². The lowest BCUT2D eigenvalue weighted by Crippen LogP contribution is -2.25. The van der Waals surface area contributed by atoms with Gasteiger partial charge in [-0.1, -0.05) is 34.8 Å². The molecule has 0 aliphatic heterocycles. The third-order valence-electron chi connectivity index (χ3n) is 2.78. The maximum Gasteiger partial charge on any atom is 0.277 e. The Morgan fingerprint density at radius 1 is 1.22 bits per heavy atom. The van der Waals surface area contributed by atoms with Gasteiger partial charge in [0.1, 0.15) is 5.75 Å². The Hall–Kier alpha value is -1.27. The lowest BCUT2D eigenvalue weighted by molar-refractivity contribution is -0.123. The second-order valence-corrected chi connectivity index (χ2v) is 7.14. The molecular formula is C15H13Cl3N2O2S. The van der Waals surface area contributed by atoms with Gasteiger partial charge in [-0.25, -0.2) is 5.43 Å². The van der Waals surface area contributed by atoms with Crippen molar-refractivity contribution in [2.45, 2.75) is 13.8 Å². The quantitative estimate of drug-likeness (QED) is 0.446. The van der Waals surface area contributed by atoms with E-state index >= 15 is 0 Å². The second-order valence-electron chi connectivity index (χ2n) is 4.63. The SMILES string of the molecule is C/C(=N\NC(=O)COc1cc(Cl)c(Cl)cc1Cl)c1ccc(C)s1. The van der Waals surface area contributed by atoms with Gasteiger partial charge in [-0.15, -0.1) is 11.3 Å². The molecule has 1 aromatic heterocycles. The van der Waals surface area contributed by atoms with Gasteiger partial charge in [-0.2, -0.15) is 5.10 Å². The van der Waals surface area contributed by atoms with Gasteiger partial charge >= 0.3 is 0 Å². The fraction of sp³-hybridized carbons (Fsp3) is 0.200. The number of hydrogen-bond donors (Lipinski definition) is 1. The molecule has 2 aromatic rings. The van der Waals surface area contributed by atoms with Crippen LogP contribution in [0.1, 0.15) is 16.7 Å². The number of nitrogens with zero attached hydrogens (tertiary/aromatic N) is 1. The second kappa shape index (κ2) is 8.02. The van der Waals surface area contributed by atoms with Gasteiger partial charge in [0.25, 0.3) is 5.91 Å². The lowest BCUT2D eigenvalue weighted by atomic mass is 10.3. The minimum Gasteiger partial charge on any atom is -0.482 e. The highest BCUT2D eigenvalue weighted by molar-refractivity contribution is 7.14. The summed E-state index contributed by atoms with van der Waals surface area (Å²) in [7, 11) is 0. The van der Waals surface area contributed by atoms with Gasteiger partial charge in [0.05, 0.1) is 25.7 Å². The fourth-order valence-electron chi connectivity index (χ4n) is 1.62. The zero-order valence-corrected chi connectivity index (χ0v) is 15.4. The molecule has 0 saturated heterocycles. The van der Waals surface area contributed by atoms with E-state index in [1.54, 1.807) is 11.3 Å². The Balaban J connectivity index is 1.92. The molecule has 1 aromatic carbocycles. The summed E-state index contributed by atoms with van der Waals surface area (Å²) in [6.45, 7) is 3.59. The number of carbonyl (C=O) groups is 1. The van der Waals surface area contributed by atoms with Crippen molar-refractivity contribution in [1.29, 1.82) is 0 Å².